The van der Waals surface area contributed by atoms with Crippen LogP contribution in [0.3, 0.4) is 0 Å². The Morgan fingerprint density at radius 2 is 1.43 bits per heavy atom. The Bertz CT molecular complexity index is 963. The van der Waals surface area contributed by atoms with E-state index in [1.165, 1.54) is 0 Å². The van der Waals surface area contributed by atoms with E-state index in [2.05, 4.69) is 15.5 Å². The van der Waals surface area contributed by atoms with Gasteiger partial charge in [0.05, 0.1) is 5.71 Å². The Morgan fingerprint density at radius 1 is 0.821 bits per heavy atom. The van der Waals surface area contributed by atoms with Gasteiger partial charge >= 0.3 is 6.03 Å². The summed E-state index contributed by atoms with van der Waals surface area (Å²) in [6, 6.07) is 14.3. The highest BCUT2D eigenvalue weighted by Gasteiger charge is 2.19. The van der Waals surface area contributed by atoms with Crippen molar-refractivity contribution in [2.75, 3.05) is 0 Å². The molecule has 0 aliphatic heterocycles. The topological polar surface area (TPSA) is 83.4 Å². The number of carbonyl (C=O) groups excluding carboxylic acids is 2. The largest absolute Gasteiger partial charge is 0.342 e. The third-order valence-electron chi connectivity index (χ3n) is 3.69. The van der Waals surface area contributed by atoms with Crippen molar-refractivity contribution in [3.05, 3.63) is 101 Å². The molecule has 1 heterocycles. The number of nitrogens with one attached hydrogen (secondary N) is 2. The van der Waals surface area contributed by atoms with Gasteiger partial charge in [0.1, 0.15) is 17.2 Å². The molecule has 140 valence electrons. The number of aromatic nitrogens is 1. The monoisotopic (exact) mass is 380 g/mol. The van der Waals surface area contributed by atoms with E-state index < -0.39 is 29.1 Å². The van der Waals surface area contributed by atoms with Crippen LogP contribution in [-0.4, -0.2) is 22.6 Å². The third kappa shape index (κ3) is 4.42. The van der Waals surface area contributed by atoms with Crippen LogP contribution in [0.2, 0.25) is 0 Å². The van der Waals surface area contributed by atoms with Crippen molar-refractivity contribution in [1.29, 1.82) is 0 Å². The van der Waals surface area contributed by atoms with E-state index >= 15 is 0 Å². The molecule has 0 radical (unpaired) electrons. The first kappa shape index (κ1) is 18.8. The average Bonchev–Trinajstić information content (AvgIpc) is 2.69. The van der Waals surface area contributed by atoms with E-state index in [4.69, 9.17) is 0 Å². The van der Waals surface area contributed by atoms with Crippen LogP contribution in [0.1, 0.15) is 21.5 Å². The Hall–Kier alpha value is -3.94. The number of benzene rings is 2. The molecule has 1 aromatic heterocycles. The fraction of sp³-hybridized carbons (Fsp3) is 0. The molecule has 0 saturated carbocycles. The number of imide groups is 1. The molecule has 0 bridgehead atoms. The number of hydrogen-bond donors (Lipinski definition) is 2. The molecule has 0 aliphatic carbocycles. The summed E-state index contributed by atoms with van der Waals surface area (Å²) in [5.41, 5.74) is 3.12. The van der Waals surface area contributed by atoms with Gasteiger partial charge in [-0.3, -0.25) is 15.1 Å². The van der Waals surface area contributed by atoms with Gasteiger partial charge in [-0.15, -0.1) is 0 Å². The van der Waals surface area contributed by atoms with Gasteiger partial charge in [0.15, 0.2) is 0 Å². The van der Waals surface area contributed by atoms with E-state index in [1.807, 2.05) is 11.4 Å². The Morgan fingerprint density at radius 3 is 2.07 bits per heavy atom. The van der Waals surface area contributed by atoms with Crippen molar-refractivity contribution in [2.24, 2.45) is 5.10 Å². The van der Waals surface area contributed by atoms with E-state index in [0.29, 0.717) is 16.8 Å². The first-order valence-corrected chi connectivity index (χ1v) is 8.15. The van der Waals surface area contributed by atoms with Gasteiger partial charge < -0.3 is 0 Å². The Balaban J connectivity index is 1.79. The second-order valence-corrected chi connectivity index (χ2v) is 5.55. The van der Waals surface area contributed by atoms with Crippen molar-refractivity contribution < 1.29 is 18.4 Å². The lowest BCUT2D eigenvalue weighted by molar-refractivity contribution is 0.0956. The smallest absolute Gasteiger partial charge is 0.272 e. The highest BCUT2D eigenvalue weighted by atomic mass is 19.1. The maximum absolute atomic E-state index is 13.6. The van der Waals surface area contributed by atoms with Gasteiger partial charge in [-0.1, -0.05) is 36.4 Å². The third-order valence-corrected chi connectivity index (χ3v) is 3.69. The molecular formula is C20H14F2N4O2. The number of carbonyl (C=O) groups is 2. The summed E-state index contributed by atoms with van der Waals surface area (Å²) in [5, 5.41) is 5.89. The lowest BCUT2D eigenvalue weighted by Gasteiger charge is -2.09. The van der Waals surface area contributed by atoms with Crippen molar-refractivity contribution in [3.8, 4) is 0 Å². The van der Waals surface area contributed by atoms with Gasteiger partial charge in [-0.2, -0.15) is 5.10 Å². The number of hydrazone groups is 1. The zero-order chi connectivity index (χ0) is 19.9. The molecule has 0 spiro atoms. The van der Waals surface area contributed by atoms with Gasteiger partial charge in [0.25, 0.3) is 5.91 Å². The fourth-order valence-electron chi connectivity index (χ4n) is 2.42. The van der Waals surface area contributed by atoms with Crippen LogP contribution in [0.15, 0.2) is 78.2 Å². The summed E-state index contributed by atoms with van der Waals surface area (Å²) in [4.78, 5) is 27.9. The van der Waals surface area contributed by atoms with Gasteiger partial charge in [0.2, 0.25) is 0 Å². The fourth-order valence-corrected chi connectivity index (χ4v) is 2.42. The predicted molar refractivity (Wildman–Crippen MR) is 98.7 cm³/mol. The van der Waals surface area contributed by atoms with Crippen molar-refractivity contribution in [2.45, 2.75) is 0 Å². The first-order valence-electron chi connectivity index (χ1n) is 8.15. The maximum atomic E-state index is 13.6. The van der Waals surface area contributed by atoms with Gasteiger partial charge in [-0.05, 0) is 24.3 Å². The Labute approximate surface area is 158 Å². The first-order chi connectivity index (χ1) is 13.6. The summed E-state index contributed by atoms with van der Waals surface area (Å²) in [7, 11) is 0. The number of rotatable bonds is 4. The van der Waals surface area contributed by atoms with Gasteiger partial charge in [0, 0.05) is 23.5 Å². The molecule has 3 amide bonds. The van der Waals surface area contributed by atoms with Crippen LogP contribution in [0, 0.1) is 11.6 Å². The predicted octanol–water partition coefficient (Wildman–Crippen LogP) is 3.25. The summed E-state index contributed by atoms with van der Waals surface area (Å²) in [6.45, 7) is 0. The lowest BCUT2D eigenvalue weighted by Crippen LogP contribution is -2.38. The number of nitrogens with zero attached hydrogens (tertiary/aromatic N) is 2. The summed E-state index contributed by atoms with van der Waals surface area (Å²) >= 11 is 0. The molecule has 2 aromatic carbocycles. The molecular weight excluding hydrogens is 366 g/mol. The van der Waals surface area contributed by atoms with Crippen molar-refractivity contribution in [3.63, 3.8) is 0 Å². The van der Waals surface area contributed by atoms with E-state index in [-0.39, 0.29) is 0 Å². The van der Waals surface area contributed by atoms with E-state index in [1.54, 1.807) is 48.8 Å². The lowest BCUT2D eigenvalue weighted by atomic mass is 10.0. The highest BCUT2D eigenvalue weighted by Crippen LogP contribution is 2.12. The standard InChI is InChI=1S/C20H14F2N4O2/c21-15-7-4-8-16(22)17(15)19(27)24-20(28)26-25-18(13-5-2-1-3-6-13)14-9-11-23-12-10-14/h1-12H,(H2,24,26,27,28)/b25-18-. The zero-order valence-electron chi connectivity index (χ0n) is 14.4. The van der Waals surface area contributed by atoms with Crippen LogP contribution in [0.25, 0.3) is 0 Å². The van der Waals surface area contributed by atoms with Crippen LogP contribution in [0.5, 0.6) is 0 Å². The van der Waals surface area contributed by atoms with E-state index in [9.17, 15) is 18.4 Å². The number of amides is 3. The van der Waals surface area contributed by atoms with Crippen molar-refractivity contribution in [1.82, 2.24) is 15.7 Å². The molecule has 0 aliphatic rings. The molecule has 3 rings (SSSR count). The minimum absolute atomic E-state index is 0.419. The van der Waals surface area contributed by atoms with Crippen LogP contribution >= 0.6 is 0 Å². The summed E-state index contributed by atoms with van der Waals surface area (Å²) in [6.07, 6.45) is 3.14. The molecule has 8 heteroatoms. The molecule has 0 unspecified atom stereocenters. The van der Waals surface area contributed by atoms with Crippen LogP contribution in [-0.2, 0) is 0 Å². The quantitative estimate of drug-likeness (QED) is 0.538. The van der Waals surface area contributed by atoms with Crippen LogP contribution < -0.4 is 10.7 Å². The molecule has 0 atom stereocenters. The van der Waals surface area contributed by atoms with Crippen LogP contribution in [0.4, 0.5) is 13.6 Å². The van der Waals surface area contributed by atoms with E-state index in [0.717, 1.165) is 18.2 Å². The second kappa shape index (κ2) is 8.63. The minimum atomic E-state index is -1.21. The maximum Gasteiger partial charge on any atom is 0.342 e. The highest BCUT2D eigenvalue weighted by molar-refractivity contribution is 6.13. The molecule has 2 N–H and O–H groups in total. The van der Waals surface area contributed by atoms with Gasteiger partial charge in [-0.25, -0.2) is 19.0 Å². The minimum Gasteiger partial charge on any atom is -0.272 e. The number of pyridine rings is 1. The molecule has 0 fully saturated rings. The number of hydrogen-bond acceptors (Lipinski definition) is 4. The molecule has 0 saturated heterocycles. The van der Waals surface area contributed by atoms with Crippen molar-refractivity contribution >= 4 is 17.6 Å². The average molecular weight is 380 g/mol. The molecule has 28 heavy (non-hydrogen) atoms. The number of urea groups is 1. The normalized spacial score (nSPS) is 11.0. The zero-order valence-corrected chi connectivity index (χ0v) is 14.4. The second-order valence-electron chi connectivity index (χ2n) is 5.55. The molecule has 3 aromatic rings. The SMILES string of the molecule is O=C(N/N=C(/c1ccccc1)c1ccncc1)NC(=O)c1c(F)cccc1F. The summed E-state index contributed by atoms with van der Waals surface area (Å²) < 4.78 is 27.3. The summed E-state index contributed by atoms with van der Waals surface area (Å²) in [5.74, 6) is -3.36. The molecule has 6 nitrogen and oxygen atoms in total. The number of halogens is 2. The Kier molecular flexibility index (Phi) is 5.81.